The van der Waals surface area contributed by atoms with Crippen molar-refractivity contribution in [2.45, 2.75) is 6.04 Å². The monoisotopic (exact) mass is 724 g/mol. The summed E-state index contributed by atoms with van der Waals surface area (Å²) < 4.78 is 0. The van der Waals surface area contributed by atoms with Crippen LogP contribution in [0, 0.1) is 0 Å². The van der Waals surface area contributed by atoms with Gasteiger partial charge in [0.15, 0.2) is 5.84 Å². The van der Waals surface area contributed by atoms with E-state index in [9.17, 15) is 0 Å². The van der Waals surface area contributed by atoms with Gasteiger partial charge in [-0.15, -0.1) is 0 Å². The molecule has 11 rings (SSSR count). The highest BCUT2D eigenvalue weighted by molar-refractivity contribution is 6.20. The lowest BCUT2D eigenvalue weighted by molar-refractivity contribution is 0.986. The highest BCUT2D eigenvalue weighted by Crippen LogP contribution is 2.52. The van der Waals surface area contributed by atoms with Gasteiger partial charge in [0.05, 0.1) is 5.71 Å². The van der Waals surface area contributed by atoms with Crippen LogP contribution >= 0.6 is 0 Å². The number of rotatable bonds is 6. The summed E-state index contributed by atoms with van der Waals surface area (Å²) in [5.41, 5.74) is 17.3. The van der Waals surface area contributed by atoms with Gasteiger partial charge in [0, 0.05) is 5.56 Å². The molecule has 0 aromatic heterocycles. The summed E-state index contributed by atoms with van der Waals surface area (Å²) in [5.74, 6) is 0.760. The minimum Gasteiger partial charge on any atom is -0.251 e. The molecule has 1 heterocycles. The number of benzene rings is 9. The van der Waals surface area contributed by atoms with Crippen LogP contribution in [0.15, 0.2) is 217 Å². The van der Waals surface area contributed by atoms with Gasteiger partial charge in [0.25, 0.3) is 0 Å². The Kier molecular flexibility index (Phi) is 7.75. The number of fused-ring (bicyclic) bond motifs is 6. The van der Waals surface area contributed by atoms with E-state index in [1.807, 2.05) is 18.2 Å². The van der Waals surface area contributed by atoms with Crippen molar-refractivity contribution >= 4 is 38.7 Å². The molecule has 1 unspecified atom stereocenters. The summed E-state index contributed by atoms with van der Waals surface area (Å²) >= 11 is 0. The Morgan fingerprint density at radius 3 is 1.74 bits per heavy atom. The van der Waals surface area contributed by atoms with E-state index in [0.29, 0.717) is 0 Å². The lowest BCUT2D eigenvalue weighted by Gasteiger charge is -2.15. The van der Waals surface area contributed by atoms with Crippen LogP contribution in [0.1, 0.15) is 33.9 Å². The first-order valence-electron chi connectivity index (χ1n) is 19.5. The van der Waals surface area contributed by atoms with Crippen molar-refractivity contribution in [1.82, 2.24) is 0 Å². The molecule has 0 bridgehead atoms. The van der Waals surface area contributed by atoms with E-state index >= 15 is 0 Å². The summed E-state index contributed by atoms with van der Waals surface area (Å²) in [6.45, 7) is 4.77. The zero-order valence-electron chi connectivity index (χ0n) is 31.2. The Morgan fingerprint density at radius 1 is 0.368 bits per heavy atom. The number of amidine groups is 1. The summed E-state index contributed by atoms with van der Waals surface area (Å²) in [5, 5.41) is 4.93. The van der Waals surface area contributed by atoms with Gasteiger partial charge in [-0.3, -0.25) is 4.99 Å². The first-order valence-corrected chi connectivity index (χ1v) is 19.5. The third-order valence-electron chi connectivity index (χ3n) is 11.7. The van der Waals surface area contributed by atoms with Crippen LogP contribution in [-0.2, 0) is 0 Å². The molecule has 0 saturated heterocycles. The van der Waals surface area contributed by atoms with Crippen molar-refractivity contribution in [1.29, 1.82) is 0 Å². The molecule has 0 fully saturated rings. The fourth-order valence-electron chi connectivity index (χ4n) is 8.97. The largest absolute Gasteiger partial charge is 0.251 e. The second kappa shape index (κ2) is 13.4. The molecule has 9 aromatic rings. The maximum atomic E-state index is 5.26. The Labute approximate surface area is 332 Å². The normalized spacial score (nSPS) is 14.4. The fraction of sp³-hybridized carbons (Fsp3) is 0.0182. The van der Waals surface area contributed by atoms with Crippen molar-refractivity contribution in [3.8, 4) is 44.5 Å². The maximum Gasteiger partial charge on any atom is 0.155 e. The van der Waals surface area contributed by atoms with Crippen molar-refractivity contribution in [2.75, 3.05) is 0 Å². The van der Waals surface area contributed by atoms with Crippen molar-refractivity contribution in [3.63, 3.8) is 0 Å². The molecule has 1 aliphatic carbocycles. The quantitative estimate of drug-likeness (QED) is 0.163. The SMILES string of the molecule is C=C1c2c(cccc2-c2cccc3ccccc23)-c2cc(-c3ccc(C4=NC(c5ccccc5)=NC4c4cccc(-c5ccccc5)c4)cc3)c3ccccc3c21. The Morgan fingerprint density at radius 2 is 0.947 bits per heavy atom. The average Bonchev–Trinajstić information content (AvgIpc) is 3.86. The molecular weight excluding hydrogens is 689 g/mol. The number of aliphatic imine (C=N–C) groups is 2. The van der Waals surface area contributed by atoms with Crippen LogP contribution in [0.3, 0.4) is 0 Å². The van der Waals surface area contributed by atoms with Gasteiger partial charge >= 0.3 is 0 Å². The molecule has 2 heteroatoms. The number of nitrogens with zero attached hydrogens (tertiary/aromatic N) is 2. The van der Waals surface area contributed by atoms with Crippen molar-refractivity contribution in [3.05, 3.63) is 235 Å². The van der Waals surface area contributed by atoms with Crippen LogP contribution in [0.4, 0.5) is 0 Å². The lowest BCUT2D eigenvalue weighted by atomic mass is 9.89. The lowest BCUT2D eigenvalue weighted by Crippen LogP contribution is -2.09. The summed E-state index contributed by atoms with van der Waals surface area (Å²) in [4.78, 5) is 10.5. The smallest absolute Gasteiger partial charge is 0.155 e. The van der Waals surface area contributed by atoms with Crippen LogP contribution in [0.25, 0.3) is 71.6 Å². The molecule has 0 radical (unpaired) electrons. The van der Waals surface area contributed by atoms with E-state index in [2.05, 4.69) is 182 Å². The van der Waals surface area contributed by atoms with Crippen LogP contribution in [0.2, 0.25) is 0 Å². The van der Waals surface area contributed by atoms with Gasteiger partial charge in [0.2, 0.25) is 0 Å². The molecule has 0 amide bonds. The minimum absolute atomic E-state index is 0.228. The zero-order chi connectivity index (χ0) is 37.9. The Hall–Kier alpha value is -7.42. The van der Waals surface area contributed by atoms with E-state index in [4.69, 9.17) is 16.6 Å². The topological polar surface area (TPSA) is 24.7 Å². The molecule has 1 atom stereocenters. The van der Waals surface area contributed by atoms with E-state index in [-0.39, 0.29) is 6.04 Å². The van der Waals surface area contributed by atoms with Gasteiger partial charge in [-0.1, -0.05) is 195 Å². The van der Waals surface area contributed by atoms with Gasteiger partial charge in [-0.2, -0.15) is 0 Å². The average molecular weight is 725 g/mol. The Balaban J connectivity index is 1.01. The highest BCUT2D eigenvalue weighted by Gasteiger charge is 2.30. The first kappa shape index (κ1) is 33.0. The summed E-state index contributed by atoms with van der Waals surface area (Å²) in [6.07, 6.45) is 0. The minimum atomic E-state index is -0.228. The van der Waals surface area contributed by atoms with Crippen LogP contribution in [-0.4, -0.2) is 11.5 Å². The number of hydrogen-bond acceptors (Lipinski definition) is 2. The summed E-state index contributed by atoms with van der Waals surface area (Å²) in [6, 6.07) is 71.4. The number of hydrogen-bond donors (Lipinski definition) is 0. The van der Waals surface area contributed by atoms with Crippen molar-refractivity contribution in [2.24, 2.45) is 9.98 Å². The molecule has 266 valence electrons. The Bertz CT molecular complexity index is 3110. The van der Waals surface area contributed by atoms with E-state index in [0.717, 1.165) is 39.4 Å². The molecule has 9 aromatic carbocycles. The third kappa shape index (κ3) is 5.49. The van der Waals surface area contributed by atoms with Gasteiger partial charge in [-0.05, 0) is 106 Å². The second-order valence-electron chi connectivity index (χ2n) is 14.9. The molecular formula is C55H36N2. The maximum absolute atomic E-state index is 5.26. The highest BCUT2D eigenvalue weighted by atomic mass is 15.0. The van der Waals surface area contributed by atoms with Crippen LogP contribution < -0.4 is 0 Å². The van der Waals surface area contributed by atoms with Crippen LogP contribution in [0.5, 0.6) is 0 Å². The summed E-state index contributed by atoms with van der Waals surface area (Å²) in [7, 11) is 0. The molecule has 2 nitrogen and oxygen atoms in total. The fourth-order valence-corrected chi connectivity index (χ4v) is 8.97. The standard InChI is InChI=1S/C55H36N2/c1-35-51-47(44-26-13-20-37-17-8-9-23-43(37)44)27-14-28-48(51)50-34-49(45-24-10-11-25-46(45)52(35)50)38-29-31-39(32-30-38)53-54(57-55(56-53)40-18-6-3-7-19-40)42-22-12-21-41(33-42)36-15-4-2-5-16-36/h2-34,54H,1H2. The van der Waals surface area contributed by atoms with Gasteiger partial charge < -0.3 is 0 Å². The predicted octanol–water partition coefficient (Wildman–Crippen LogP) is 14.0. The van der Waals surface area contributed by atoms with E-state index < -0.39 is 0 Å². The first-order chi connectivity index (χ1) is 28.2. The molecule has 0 saturated carbocycles. The molecule has 0 spiro atoms. The van der Waals surface area contributed by atoms with Gasteiger partial charge in [0.1, 0.15) is 6.04 Å². The molecule has 1 aliphatic heterocycles. The second-order valence-corrected chi connectivity index (χ2v) is 14.9. The van der Waals surface area contributed by atoms with Crippen molar-refractivity contribution < 1.29 is 0 Å². The zero-order valence-corrected chi connectivity index (χ0v) is 31.2. The predicted molar refractivity (Wildman–Crippen MR) is 240 cm³/mol. The molecule has 0 N–H and O–H groups in total. The van der Waals surface area contributed by atoms with E-state index in [1.54, 1.807) is 0 Å². The molecule has 57 heavy (non-hydrogen) atoms. The van der Waals surface area contributed by atoms with E-state index in [1.165, 1.54) is 71.6 Å². The van der Waals surface area contributed by atoms with Gasteiger partial charge in [-0.25, -0.2) is 4.99 Å². The molecule has 2 aliphatic rings. The third-order valence-corrected chi connectivity index (χ3v) is 11.7.